The fourth-order valence-electron chi connectivity index (χ4n) is 0.391. The van der Waals surface area contributed by atoms with E-state index in [2.05, 4.69) is 9.97 Å². The van der Waals surface area contributed by atoms with Crippen molar-refractivity contribution >= 4 is 7.69 Å². The summed E-state index contributed by atoms with van der Waals surface area (Å²) in [5.74, 6) is 0. The molecule has 0 bridgehead atoms. The average Bonchev–Trinajstić information content (AvgIpc) is 2.08. The molecular formula is C5H8BN2O3. The van der Waals surface area contributed by atoms with Crippen LogP contribution >= 0.6 is 0 Å². The lowest BCUT2D eigenvalue weighted by Gasteiger charge is -1.90. The largest absolute Gasteiger partial charge is 0.482 e. The lowest BCUT2D eigenvalue weighted by Crippen LogP contribution is -1.87. The molecule has 1 aromatic heterocycles. The van der Waals surface area contributed by atoms with Gasteiger partial charge in [0.25, 0.3) is 0 Å². The lowest BCUT2D eigenvalue weighted by atomic mass is 10.5. The number of ether oxygens (including phenoxy) is 1. The van der Waals surface area contributed by atoms with Crippen LogP contribution in [-0.4, -0.2) is 34.8 Å². The summed E-state index contributed by atoms with van der Waals surface area (Å²) in [6, 6.07) is 2.15. The molecule has 0 unspecified atom stereocenters. The van der Waals surface area contributed by atoms with Gasteiger partial charge in [0, 0.05) is 12.4 Å². The van der Waals surface area contributed by atoms with Crippen molar-refractivity contribution in [3.8, 4) is 6.01 Å². The highest BCUT2D eigenvalue weighted by molar-refractivity contribution is 6.13. The molecule has 0 atom stereocenters. The molecule has 0 aliphatic heterocycles. The van der Waals surface area contributed by atoms with Crippen molar-refractivity contribution in [2.75, 3.05) is 7.11 Å². The topological polar surface area (TPSA) is 75.5 Å². The van der Waals surface area contributed by atoms with Gasteiger partial charge in [-0.25, -0.2) is 9.97 Å². The highest BCUT2D eigenvalue weighted by Crippen LogP contribution is 1.92. The molecule has 0 fully saturated rings. The summed E-state index contributed by atoms with van der Waals surface area (Å²) >= 11 is 0. The van der Waals surface area contributed by atoms with E-state index in [9.17, 15) is 0 Å². The van der Waals surface area contributed by atoms with Crippen LogP contribution in [0.3, 0.4) is 0 Å². The minimum atomic E-state index is 0. The van der Waals surface area contributed by atoms with E-state index in [1.807, 2.05) is 0 Å². The highest BCUT2D eigenvalue weighted by Gasteiger charge is 1.84. The van der Waals surface area contributed by atoms with Gasteiger partial charge in [-0.05, 0) is 6.07 Å². The molecule has 1 radical (unpaired) electrons. The molecule has 1 aromatic rings. The van der Waals surface area contributed by atoms with E-state index >= 15 is 0 Å². The number of rotatable bonds is 1. The van der Waals surface area contributed by atoms with Crippen LogP contribution < -0.4 is 4.74 Å². The van der Waals surface area contributed by atoms with Gasteiger partial charge in [0.2, 0.25) is 0 Å². The molecule has 0 spiro atoms. The summed E-state index contributed by atoms with van der Waals surface area (Å²) in [5.41, 5.74) is 0. The summed E-state index contributed by atoms with van der Waals surface area (Å²) in [5, 5.41) is 14.0. The molecule has 6 heteroatoms. The molecule has 1 heterocycles. The van der Waals surface area contributed by atoms with E-state index in [0.29, 0.717) is 6.01 Å². The fraction of sp³-hybridized carbons (Fsp3) is 0.200. The van der Waals surface area contributed by atoms with Gasteiger partial charge in [0.05, 0.1) is 7.11 Å². The van der Waals surface area contributed by atoms with Crippen molar-refractivity contribution in [1.82, 2.24) is 9.97 Å². The molecule has 2 N–H and O–H groups in total. The van der Waals surface area contributed by atoms with Gasteiger partial charge in [0.15, 0.2) is 0 Å². The zero-order valence-corrected chi connectivity index (χ0v) is 6.01. The Hall–Kier alpha value is -1.14. The Morgan fingerprint density at radius 1 is 1.36 bits per heavy atom. The predicted molar refractivity (Wildman–Crippen MR) is 38.8 cm³/mol. The molecule has 5 nitrogen and oxygen atoms in total. The first kappa shape index (κ1) is 9.86. The average molecular weight is 155 g/mol. The Bertz CT molecular complexity index is 173. The van der Waals surface area contributed by atoms with Crippen molar-refractivity contribution in [2.24, 2.45) is 0 Å². The van der Waals surface area contributed by atoms with Gasteiger partial charge in [-0.15, -0.1) is 0 Å². The number of methoxy groups -OCH3 is 1. The van der Waals surface area contributed by atoms with Crippen LogP contribution in [0.25, 0.3) is 0 Å². The number of hydrogen-bond acceptors (Lipinski definition) is 5. The number of hydrogen-bond donors (Lipinski definition) is 2. The lowest BCUT2D eigenvalue weighted by molar-refractivity contribution is 0.379. The highest BCUT2D eigenvalue weighted by atomic mass is 16.5. The van der Waals surface area contributed by atoms with Crippen LogP contribution in [0.5, 0.6) is 6.01 Å². The fourth-order valence-corrected chi connectivity index (χ4v) is 0.391. The summed E-state index contributed by atoms with van der Waals surface area (Å²) in [6.45, 7) is 0. The smallest absolute Gasteiger partial charge is 0.467 e. The maximum atomic E-state index is 7.00. The zero-order valence-electron chi connectivity index (χ0n) is 6.01. The van der Waals surface area contributed by atoms with Crippen LogP contribution in [0.4, 0.5) is 0 Å². The van der Waals surface area contributed by atoms with E-state index in [0.717, 1.165) is 0 Å². The standard InChI is InChI=1S/C5H6N2O.BH2O2/c1-8-5-6-3-2-4-7-5;2-1-3/h2-4H,1H3;2-3H. The minimum absolute atomic E-state index is 0. The third-order valence-corrected chi connectivity index (χ3v) is 0.725. The Morgan fingerprint density at radius 3 is 2.09 bits per heavy atom. The molecular weight excluding hydrogens is 147 g/mol. The van der Waals surface area contributed by atoms with E-state index < -0.39 is 0 Å². The van der Waals surface area contributed by atoms with E-state index in [1.165, 1.54) is 7.11 Å². The van der Waals surface area contributed by atoms with Crippen LogP contribution in [0.2, 0.25) is 0 Å². The molecule has 0 saturated carbocycles. The van der Waals surface area contributed by atoms with E-state index in [-0.39, 0.29) is 7.69 Å². The van der Waals surface area contributed by atoms with Crippen LogP contribution in [-0.2, 0) is 0 Å². The predicted octanol–water partition coefficient (Wildman–Crippen LogP) is -1.01. The van der Waals surface area contributed by atoms with Crippen molar-refractivity contribution < 1.29 is 14.8 Å². The Balaban J connectivity index is 0.000000292. The van der Waals surface area contributed by atoms with Crippen LogP contribution in [0.1, 0.15) is 0 Å². The summed E-state index contributed by atoms with van der Waals surface area (Å²) in [4.78, 5) is 7.53. The van der Waals surface area contributed by atoms with E-state index in [4.69, 9.17) is 14.8 Å². The third kappa shape index (κ3) is 5.32. The van der Waals surface area contributed by atoms with Crippen LogP contribution in [0, 0.1) is 0 Å². The summed E-state index contributed by atoms with van der Waals surface area (Å²) in [7, 11) is 1.54. The monoisotopic (exact) mass is 155 g/mol. The van der Waals surface area contributed by atoms with Crippen molar-refractivity contribution in [3.05, 3.63) is 18.5 Å². The van der Waals surface area contributed by atoms with Crippen molar-refractivity contribution in [2.45, 2.75) is 0 Å². The molecule has 0 amide bonds. The summed E-state index contributed by atoms with van der Waals surface area (Å²) in [6.07, 6.45) is 3.26. The normalized spacial score (nSPS) is 7.55. The number of aromatic nitrogens is 2. The zero-order chi connectivity index (χ0) is 8.53. The van der Waals surface area contributed by atoms with Gasteiger partial charge in [-0.1, -0.05) is 0 Å². The second-order valence-electron chi connectivity index (χ2n) is 1.35. The quantitative estimate of drug-likeness (QED) is 0.508. The van der Waals surface area contributed by atoms with Crippen molar-refractivity contribution in [3.63, 3.8) is 0 Å². The molecule has 11 heavy (non-hydrogen) atoms. The Kier molecular flexibility index (Phi) is 6.26. The Morgan fingerprint density at radius 2 is 1.82 bits per heavy atom. The molecule has 0 aliphatic carbocycles. The SMILES string of the molecule is COc1ncccn1.O[B]O. The minimum Gasteiger partial charge on any atom is -0.467 e. The second kappa shape index (κ2) is 6.98. The van der Waals surface area contributed by atoms with E-state index in [1.54, 1.807) is 18.5 Å². The third-order valence-electron chi connectivity index (χ3n) is 0.725. The van der Waals surface area contributed by atoms with Gasteiger partial charge in [-0.3, -0.25) is 0 Å². The molecule has 1 rings (SSSR count). The number of nitrogens with zero attached hydrogens (tertiary/aromatic N) is 2. The first-order valence-electron chi connectivity index (χ1n) is 2.76. The maximum absolute atomic E-state index is 7.00. The van der Waals surface area contributed by atoms with Gasteiger partial charge < -0.3 is 14.8 Å². The first-order valence-corrected chi connectivity index (χ1v) is 2.76. The first-order chi connectivity index (χ1) is 5.35. The molecule has 59 valence electrons. The molecule has 0 aliphatic rings. The summed E-state index contributed by atoms with van der Waals surface area (Å²) < 4.78 is 4.69. The van der Waals surface area contributed by atoms with Gasteiger partial charge in [-0.2, -0.15) is 0 Å². The molecule has 0 saturated heterocycles. The van der Waals surface area contributed by atoms with Crippen molar-refractivity contribution in [1.29, 1.82) is 0 Å². The molecule has 0 aromatic carbocycles. The Labute approximate surface area is 65.0 Å². The van der Waals surface area contributed by atoms with Gasteiger partial charge in [0.1, 0.15) is 0 Å². The van der Waals surface area contributed by atoms with Gasteiger partial charge >= 0.3 is 13.7 Å². The van der Waals surface area contributed by atoms with Crippen LogP contribution in [0.15, 0.2) is 18.5 Å². The second-order valence-corrected chi connectivity index (χ2v) is 1.35. The maximum Gasteiger partial charge on any atom is 0.482 e.